The van der Waals surface area contributed by atoms with Crippen LogP contribution >= 0.6 is 0 Å². The summed E-state index contributed by atoms with van der Waals surface area (Å²) < 4.78 is 1.55. The maximum Gasteiger partial charge on any atom is 0.228 e. The Balaban J connectivity index is 1.18. The third kappa shape index (κ3) is 3.91. The summed E-state index contributed by atoms with van der Waals surface area (Å²) in [6, 6.07) is 11.6. The number of aromatic nitrogens is 5. The Kier molecular flexibility index (Phi) is 5.26. The summed E-state index contributed by atoms with van der Waals surface area (Å²) in [6.07, 6.45) is 3.29. The zero-order chi connectivity index (χ0) is 22.1. The average Bonchev–Trinajstić information content (AvgIpc) is 3.50. The molecule has 10 heteroatoms. The first-order chi connectivity index (χ1) is 15.6. The van der Waals surface area contributed by atoms with Crippen LogP contribution in [0.2, 0.25) is 0 Å². The van der Waals surface area contributed by atoms with Crippen molar-refractivity contribution in [3.8, 4) is 5.82 Å². The number of hydrogen-bond donors (Lipinski definition) is 0. The van der Waals surface area contributed by atoms with E-state index in [2.05, 4.69) is 25.2 Å². The highest BCUT2D eigenvalue weighted by atomic mass is 16.2. The van der Waals surface area contributed by atoms with Crippen LogP contribution < -0.4 is 9.80 Å². The molecule has 10 nitrogen and oxygen atoms in total. The van der Waals surface area contributed by atoms with Crippen LogP contribution in [0.1, 0.15) is 12.0 Å². The number of nitrogens with zero attached hydrogens (tertiary/aromatic N) is 8. The minimum Gasteiger partial charge on any atom is -0.352 e. The molecular formula is C22H24N8O2. The number of rotatable bonds is 4. The number of benzene rings is 1. The van der Waals surface area contributed by atoms with E-state index in [1.807, 2.05) is 48.2 Å². The first-order valence-corrected chi connectivity index (χ1v) is 10.7. The van der Waals surface area contributed by atoms with E-state index in [0.29, 0.717) is 38.5 Å². The van der Waals surface area contributed by atoms with Crippen LogP contribution in [0, 0.1) is 12.8 Å². The molecule has 2 amide bonds. The van der Waals surface area contributed by atoms with Gasteiger partial charge < -0.3 is 14.7 Å². The van der Waals surface area contributed by atoms with E-state index in [1.54, 1.807) is 15.9 Å². The van der Waals surface area contributed by atoms with Gasteiger partial charge in [0.15, 0.2) is 11.6 Å². The summed E-state index contributed by atoms with van der Waals surface area (Å²) >= 11 is 0. The van der Waals surface area contributed by atoms with E-state index in [0.717, 1.165) is 17.1 Å². The lowest BCUT2D eigenvalue weighted by Crippen LogP contribution is -2.51. The fraction of sp³-hybridized carbons (Fsp3) is 0.364. The highest BCUT2D eigenvalue weighted by Gasteiger charge is 2.38. The van der Waals surface area contributed by atoms with Crippen molar-refractivity contribution in [1.82, 2.24) is 29.9 Å². The van der Waals surface area contributed by atoms with Gasteiger partial charge in [-0.05, 0) is 31.2 Å². The molecule has 32 heavy (non-hydrogen) atoms. The van der Waals surface area contributed by atoms with E-state index < -0.39 is 0 Å². The Bertz CT molecular complexity index is 1090. The van der Waals surface area contributed by atoms with E-state index >= 15 is 0 Å². The van der Waals surface area contributed by atoms with Crippen LogP contribution in [0.5, 0.6) is 0 Å². The Hall–Kier alpha value is -3.82. The number of carbonyl (C=O) groups is 2. The summed E-state index contributed by atoms with van der Waals surface area (Å²) in [5, 5.41) is 12.6. The van der Waals surface area contributed by atoms with Gasteiger partial charge in [0.1, 0.15) is 12.7 Å². The summed E-state index contributed by atoms with van der Waals surface area (Å²) in [5.41, 5.74) is 2.00. The van der Waals surface area contributed by atoms with Crippen LogP contribution in [0.4, 0.5) is 11.5 Å². The van der Waals surface area contributed by atoms with Gasteiger partial charge in [0, 0.05) is 44.8 Å². The van der Waals surface area contributed by atoms with Crippen LogP contribution in [0.3, 0.4) is 0 Å². The summed E-state index contributed by atoms with van der Waals surface area (Å²) in [6.45, 7) is 4.99. The lowest BCUT2D eigenvalue weighted by atomic mass is 10.1. The largest absolute Gasteiger partial charge is 0.352 e. The zero-order valence-electron chi connectivity index (χ0n) is 17.8. The third-order valence-electron chi connectivity index (χ3n) is 6.03. The SMILES string of the molecule is Cc1ccc(N2CC(C(=O)N3CCN(c4ccc(-n5cncn5)nn4)CC3)CC2=O)cc1. The van der Waals surface area contributed by atoms with Gasteiger partial charge in [0.05, 0.1) is 5.92 Å². The standard InChI is InChI=1S/C22H24N8O2/c1-16-2-4-18(5-3-16)29-13-17(12-21(29)31)22(32)28-10-8-27(9-11-28)19-6-7-20(26-25-19)30-15-23-14-24-30/h2-7,14-15,17H,8-13H2,1H3. The predicted octanol–water partition coefficient (Wildman–Crippen LogP) is 1.07. The fourth-order valence-electron chi connectivity index (χ4n) is 4.20. The molecule has 164 valence electrons. The summed E-state index contributed by atoms with van der Waals surface area (Å²) in [7, 11) is 0. The molecule has 1 atom stereocenters. The molecule has 1 aromatic carbocycles. The van der Waals surface area contributed by atoms with Crippen molar-refractivity contribution in [1.29, 1.82) is 0 Å². The van der Waals surface area contributed by atoms with Crippen LogP contribution in [0.15, 0.2) is 49.1 Å². The molecule has 4 heterocycles. The van der Waals surface area contributed by atoms with Crippen molar-refractivity contribution in [2.75, 3.05) is 42.5 Å². The maximum absolute atomic E-state index is 13.1. The zero-order valence-corrected chi connectivity index (χ0v) is 17.8. The highest BCUT2D eigenvalue weighted by Crippen LogP contribution is 2.27. The Labute approximate surface area is 185 Å². The number of aryl methyl sites for hydroxylation is 1. The van der Waals surface area contributed by atoms with Gasteiger partial charge in [-0.1, -0.05) is 17.7 Å². The molecule has 3 aromatic rings. The molecule has 2 saturated heterocycles. The predicted molar refractivity (Wildman–Crippen MR) is 117 cm³/mol. The molecular weight excluding hydrogens is 408 g/mol. The molecule has 2 aromatic heterocycles. The average molecular weight is 432 g/mol. The van der Waals surface area contributed by atoms with Gasteiger partial charge in [-0.15, -0.1) is 10.2 Å². The lowest BCUT2D eigenvalue weighted by Gasteiger charge is -2.36. The van der Waals surface area contributed by atoms with Crippen molar-refractivity contribution in [3.05, 3.63) is 54.6 Å². The van der Waals surface area contributed by atoms with Gasteiger partial charge in [0.2, 0.25) is 11.8 Å². The van der Waals surface area contributed by atoms with E-state index in [9.17, 15) is 9.59 Å². The quantitative estimate of drug-likeness (QED) is 0.608. The molecule has 0 radical (unpaired) electrons. The van der Waals surface area contributed by atoms with Crippen molar-refractivity contribution < 1.29 is 9.59 Å². The van der Waals surface area contributed by atoms with Gasteiger partial charge in [0.25, 0.3) is 0 Å². The van der Waals surface area contributed by atoms with E-state index in [1.165, 1.54) is 6.33 Å². The third-order valence-corrected chi connectivity index (χ3v) is 6.03. The smallest absolute Gasteiger partial charge is 0.228 e. The second kappa shape index (κ2) is 8.37. The molecule has 0 spiro atoms. The van der Waals surface area contributed by atoms with Crippen molar-refractivity contribution in [2.24, 2.45) is 5.92 Å². The molecule has 2 fully saturated rings. The fourth-order valence-corrected chi connectivity index (χ4v) is 4.20. The van der Waals surface area contributed by atoms with Crippen molar-refractivity contribution in [3.63, 3.8) is 0 Å². The van der Waals surface area contributed by atoms with Gasteiger partial charge >= 0.3 is 0 Å². The summed E-state index contributed by atoms with van der Waals surface area (Å²) in [4.78, 5) is 35.2. The monoisotopic (exact) mass is 432 g/mol. The molecule has 0 aliphatic carbocycles. The topological polar surface area (TPSA) is 100 Å². The van der Waals surface area contributed by atoms with Gasteiger partial charge in [-0.25, -0.2) is 9.67 Å². The first-order valence-electron chi connectivity index (χ1n) is 10.7. The first kappa shape index (κ1) is 20.1. The highest BCUT2D eigenvalue weighted by molar-refractivity contribution is 6.00. The second-order valence-corrected chi connectivity index (χ2v) is 8.14. The molecule has 0 bridgehead atoms. The Morgan fingerprint density at radius 2 is 1.69 bits per heavy atom. The minimum atomic E-state index is -0.294. The van der Waals surface area contributed by atoms with Crippen LogP contribution in [-0.2, 0) is 9.59 Å². The van der Waals surface area contributed by atoms with Crippen LogP contribution in [0.25, 0.3) is 5.82 Å². The Morgan fingerprint density at radius 1 is 0.969 bits per heavy atom. The lowest BCUT2D eigenvalue weighted by molar-refractivity contribution is -0.136. The molecule has 0 N–H and O–H groups in total. The van der Waals surface area contributed by atoms with E-state index in [4.69, 9.17) is 0 Å². The summed E-state index contributed by atoms with van der Waals surface area (Å²) in [5.74, 6) is 1.14. The number of anilines is 2. The number of amides is 2. The van der Waals surface area contributed by atoms with Gasteiger partial charge in [-0.3, -0.25) is 9.59 Å². The number of hydrogen-bond acceptors (Lipinski definition) is 7. The molecule has 2 aliphatic heterocycles. The Morgan fingerprint density at radius 3 is 2.34 bits per heavy atom. The maximum atomic E-state index is 13.1. The molecule has 0 saturated carbocycles. The second-order valence-electron chi connectivity index (χ2n) is 8.14. The molecule has 2 aliphatic rings. The normalized spacial score (nSPS) is 19.0. The molecule has 5 rings (SSSR count). The van der Waals surface area contributed by atoms with Crippen molar-refractivity contribution >= 4 is 23.3 Å². The van der Waals surface area contributed by atoms with E-state index in [-0.39, 0.29) is 24.2 Å². The number of piperazine rings is 1. The van der Waals surface area contributed by atoms with Gasteiger partial charge in [-0.2, -0.15) is 5.10 Å². The molecule has 1 unspecified atom stereocenters. The minimum absolute atomic E-state index is 0.00795. The van der Waals surface area contributed by atoms with Crippen molar-refractivity contribution in [2.45, 2.75) is 13.3 Å². The van der Waals surface area contributed by atoms with Crippen LogP contribution in [-0.4, -0.2) is 74.4 Å². The number of carbonyl (C=O) groups excluding carboxylic acids is 2.